The van der Waals surface area contributed by atoms with E-state index in [-0.39, 0.29) is 25.0 Å². The van der Waals surface area contributed by atoms with Crippen molar-refractivity contribution in [3.8, 4) is 5.75 Å². The lowest BCUT2D eigenvalue weighted by Gasteiger charge is -2.18. The fraction of sp³-hybridized carbons (Fsp3) is 0.462. The zero-order valence-corrected chi connectivity index (χ0v) is 12.8. The van der Waals surface area contributed by atoms with Crippen LogP contribution in [0.4, 0.5) is 5.69 Å². The number of carbonyl (C=O) groups excluding carboxylic acids is 1. The average Bonchev–Trinajstić information content (AvgIpc) is 2.70. The topological polar surface area (TPSA) is 63.7 Å². The van der Waals surface area contributed by atoms with Crippen molar-refractivity contribution in [1.82, 2.24) is 0 Å². The molecular formula is C13H16ClNO4S. The van der Waals surface area contributed by atoms with Gasteiger partial charge in [-0.1, -0.05) is 6.07 Å². The van der Waals surface area contributed by atoms with Gasteiger partial charge in [-0.3, -0.25) is 4.79 Å². The van der Waals surface area contributed by atoms with Gasteiger partial charge in [0.25, 0.3) is 0 Å². The van der Waals surface area contributed by atoms with E-state index in [0.29, 0.717) is 11.4 Å². The molecule has 0 spiro atoms. The van der Waals surface area contributed by atoms with Crippen molar-refractivity contribution in [3.63, 3.8) is 0 Å². The molecule has 5 nitrogen and oxygen atoms in total. The molecule has 1 unspecified atom stereocenters. The number of halogens is 1. The summed E-state index contributed by atoms with van der Waals surface area (Å²) < 4.78 is 28.2. The smallest absolute Gasteiger partial charge is 0.237 e. The zero-order valence-electron chi connectivity index (χ0n) is 11.2. The van der Waals surface area contributed by atoms with Crippen molar-refractivity contribution >= 4 is 31.3 Å². The molecule has 0 N–H and O–H groups in total. The van der Waals surface area contributed by atoms with E-state index >= 15 is 0 Å². The van der Waals surface area contributed by atoms with Crippen LogP contribution in [0.25, 0.3) is 0 Å². The van der Waals surface area contributed by atoms with Gasteiger partial charge in [-0.15, -0.1) is 0 Å². The molecule has 1 atom stereocenters. The number of nitrogens with zero attached hydrogens (tertiary/aromatic N) is 1. The Labute approximate surface area is 122 Å². The van der Waals surface area contributed by atoms with Crippen LogP contribution < -0.4 is 9.64 Å². The quantitative estimate of drug-likeness (QED) is 0.798. The molecule has 0 bridgehead atoms. The molecular weight excluding hydrogens is 302 g/mol. The Balaban J connectivity index is 2.22. The van der Waals surface area contributed by atoms with Crippen molar-refractivity contribution < 1.29 is 17.9 Å². The minimum absolute atomic E-state index is 0.0236. The SMILES string of the molecule is CC(C)Oc1cccc(N2CC(S(=O)(=O)Cl)CC2=O)c1. The first-order valence-electron chi connectivity index (χ1n) is 6.28. The van der Waals surface area contributed by atoms with Crippen LogP contribution in [0, 0.1) is 0 Å². The zero-order chi connectivity index (χ0) is 14.9. The van der Waals surface area contributed by atoms with Gasteiger partial charge >= 0.3 is 0 Å². The van der Waals surface area contributed by atoms with Gasteiger partial charge in [0.2, 0.25) is 15.0 Å². The number of hydrogen-bond donors (Lipinski definition) is 0. The third-order valence-electron chi connectivity index (χ3n) is 2.99. The summed E-state index contributed by atoms with van der Waals surface area (Å²) in [5, 5.41) is -0.855. The van der Waals surface area contributed by atoms with Crippen LogP contribution in [-0.4, -0.2) is 32.2 Å². The fourth-order valence-corrected chi connectivity index (χ4v) is 3.14. The normalized spacial score (nSPS) is 19.7. The number of ether oxygens (including phenoxy) is 1. The van der Waals surface area contributed by atoms with Gasteiger partial charge in [0.05, 0.1) is 6.10 Å². The van der Waals surface area contributed by atoms with Crippen LogP contribution in [0.5, 0.6) is 5.75 Å². The Bertz CT molecular complexity index is 615. The Morgan fingerprint density at radius 3 is 2.65 bits per heavy atom. The molecule has 2 rings (SSSR count). The van der Waals surface area contributed by atoms with Crippen LogP contribution in [-0.2, 0) is 13.8 Å². The van der Waals surface area contributed by atoms with E-state index in [0.717, 1.165) is 0 Å². The van der Waals surface area contributed by atoms with Crippen LogP contribution >= 0.6 is 10.7 Å². The molecule has 7 heteroatoms. The molecule has 1 aromatic rings. The lowest BCUT2D eigenvalue weighted by Crippen LogP contribution is -2.26. The highest BCUT2D eigenvalue weighted by Crippen LogP contribution is 2.29. The lowest BCUT2D eigenvalue weighted by atomic mass is 10.2. The largest absolute Gasteiger partial charge is 0.491 e. The summed E-state index contributed by atoms with van der Waals surface area (Å²) in [6.07, 6.45) is -0.0586. The third-order valence-corrected chi connectivity index (χ3v) is 4.86. The van der Waals surface area contributed by atoms with E-state index in [1.807, 2.05) is 13.8 Å². The van der Waals surface area contributed by atoms with Gasteiger partial charge in [-0.25, -0.2) is 8.42 Å². The van der Waals surface area contributed by atoms with Crippen LogP contribution in [0.15, 0.2) is 24.3 Å². The van der Waals surface area contributed by atoms with Crippen molar-refractivity contribution in [2.45, 2.75) is 31.6 Å². The van der Waals surface area contributed by atoms with E-state index in [2.05, 4.69) is 0 Å². The Kier molecular flexibility index (Phi) is 4.25. The van der Waals surface area contributed by atoms with Crippen molar-refractivity contribution in [2.75, 3.05) is 11.4 Å². The first-order valence-corrected chi connectivity index (χ1v) is 8.65. The fourth-order valence-electron chi connectivity index (χ4n) is 2.11. The van der Waals surface area contributed by atoms with Gasteiger partial charge in [0.15, 0.2) is 0 Å². The molecule has 110 valence electrons. The van der Waals surface area contributed by atoms with Crippen LogP contribution in [0.2, 0.25) is 0 Å². The van der Waals surface area contributed by atoms with Crippen molar-refractivity contribution in [1.29, 1.82) is 0 Å². The van der Waals surface area contributed by atoms with Gasteiger partial charge in [0.1, 0.15) is 11.0 Å². The average molecular weight is 318 g/mol. The highest BCUT2D eigenvalue weighted by atomic mass is 35.7. The minimum atomic E-state index is -3.73. The highest BCUT2D eigenvalue weighted by molar-refractivity contribution is 8.14. The first-order chi connectivity index (χ1) is 9.27. The summed E-state index contributed by atoms with van der Waals surface area (Å²) in [6, 6.07) is 7.03. The molecule has 1 aliphatic rings. The second-order valence-electron chi connectivity index (χ2n) is 4.97. The molecule has 1 saturated heterocycles. The monoisotopic (exact) mass is 317 g/mol. The summed E-state index contributed by atoms with van der Waals surface area (Å²) in [5.41, 5.74) is 0.621. The summed E-state index contributed by atoms with van der Waals surface area (Å²) in [6.45, 7) is 3.89. The standard InChI is InChI=1S/C13H16ClNO4S/c1-9(2)19-11-5-3-4-10(6-11)15-8-12(7-13(15)16)20(14,17)18/h3-6,9,12H,7-8H2,1-2H3. The predicted octanol–water partition coefficient (Wildman–Crippen LogP) is 2.15. The Morgan fingerprint density at radius 2 is 2.10 bits per heavy atom. The van der Waals surface area contributed by atoms with E-state index in [1.54, 1.807) is 24.3 Å². The second kappa shape index (κ2) is 5.61. The molecule has 0 aliphatic carbocycles. The molecule has 0 saturated carbocycles. The Hall–Kier alpha value is -1.27. The number of hydrogen-bond acceptors (Lipinski definition) is 4. The van der Waals surface area contributed by atoms with Gasteiger partial charge in [0, 0.05) is 35.4 Å². The number of anilines is 1. The summed E-state index contributed by atoms with van der Waals surface area (Å²) in [7, 11) is 1.60. The number of rotatable bonds is 4. The van der Waals surface area contributed by atoms with Crippen molar-refractivity contribution in [3.05, 3.63) is 24.3 Å². The molecule has 1 aliphatic heterocycles. The van der Waals surface area contributed by atoms with Gasteiger partial charge in [-0.2, -0.15) is 0 Å². The maximum Gasteiger partial charge on any atom is 0.237 e. The molecule has 20 heavy (non-hydrogen) atoms. The third kappa shape index (κ3) is 3.43. The molecule has 1 fully saturated rings. The van der Waals surface area contributed by atoms with Gasteiger partial charge in [-0.05, 0) is 26.0 Å². The molecule has 0 radical (unpaired) electrons. The minimum Gasteiger partial charge on any atom is -0.491 e. The summed E-state index contributed by atoms with van der Waals surface area (Å²) in [4.78, 5) is 13.4. The van der Waals surface area contributed by atoms with Crippen LogP contribution in [0.3, 0.4) is 0 Å². The lowest BCUT2D eigenvalue weighted by molar-refractivity contribution is -0.117. The van der Waals surface area contributed by atoms with E-state index in [9.17, 15) is 13.2 Å². The van der Waals surface area contributed by atoms with Crippen LogP contribution in [0.1, 0.15) is 20.3 Å². The maximum atomic E-state index is 11.9. The molecule has 1 heterocycles. The second-order valence-corrected chi connectivity index (χ2v) is 7.88. The summed E-state index contributed by atoms with van der Waals surface area (Å²) in [5.74, 6) is 0.392. The number of carbonyl (C=O) groups is 1. The van der Waals surface area contributed by atoms with E-state index < -0.39 is 14.3 Å². The maximum absolute atomic E-state index is 11.9. The van der Waals surface area contributed by atoms with Crippen molar-refractivity contribution in [2.24, 2.45) is 0 Å². The molecule has 0 aromatic heterocycles. The molecule has 1 aromatic carbocycles. The molecule has 1 amide bonds. The summed E-state index contributed by atoms with van der Waals surface area (Å²) >= 11 is 0. The van der Waals surface area contributed by atoms with Gasteiger partial charge < -0.3 is 9.64 Å². The van der Waals surface area contributed by atoms with E-state index in [4.69, 9.17) is 15.4 Å². The highest BCUT2D eigenvalue weighted by Gasteiger charge is 2.38. The first kappa shape index (κ1) is 15.1. The van der Waals surface area contributed by atoms with E-state index in [1.165, 1.54) is 4.90 Å². The Morgan fingerprint density at radius 1 is 1.40 bits per heavy atom. The number of benzene rings is 1. The number of amides is 1. The predicted molar refractivity (Wildman–Crippen MR) is 77.7 cm³/mol.